The van der Waals surface area contributed by atoms with Gasteiger partial charge in [0.1, 0.15) is 16.8 Å². The van der Waals surface area contributed by atoms with Gasteiger partial charge in [-0.15, -0.1) is 0 Å². The van der Waals surface area contributed by atoms with Crippen molar-refractivity contribution in [3.8, 4) is 6.07 Å². The van der Waals surface area contributed by atoms with Crippen LogP contribution in [0.3, 0.4) is 0 Å². The number of pyridine rings is 1. The predicted octanol–water partition coefficient (Wildman–Crippen LogP) is 2.56. The maximum atomic E-state index is 12.3. The van der Waals surface area contributed by atoms with Crippen LogP contribution in [-0.4, -0.2) is 20.4 Å². The van der Waals surface area contributed by atoms with Crippen molar-refractivity contribution in [2.75, 3.05) is 17.1 Å². The second-order valence-corrected chi connectivity index (χ2v) is 6.63. The third-order valence-electron chi connectivity index (χ3n) is 2.65. The molecule has 1 aromatic heterocycles. The van der Waals surface area contributed by atoms with Crippen LogP contribution in [0.25, 0.3) is 0 Å². The third-order valence-corrected chi connectivity index (χ3v) is 4.49. The van der Waals surface area contributed by atoms with E-state index < -0.39 is 10.0 Å². The molecule has 6 nitrogen and oxygen atoms in total. The highest BCUT2D eigenvalue weighted by Crippen LogP contribution is 2.24. The number of halogens is 1. The molecular formula is C13H11BrN4O2S. The van der Waals surface area contributed by atoms with Crippen LogP contribution in [0.4, 0.5) is 11.5 Å². The maximum absolute atomic E-state index is 12.3. The molecule has 0 aliphatic rings. The monoisotopic (exact) mass is 366 g/mol. The molecule has 0 saturated carbocycles. The number of rotatable bonds is 4. The van der Waals surface area contributed by atoms with Crippen molar-refractivity contribution >= 4 is 37.5 Å². The standard InChI is InChI=1S/C13H11BrN4O2S/c1-16-13-5-4-11(8-17-13)21(19,20)18-12-6-10(14)3-2-9(12)7-15/h2-6,8,18H,1H3,(H,16,17). The number of benzene rings is 1. The zero-order chi connectivity index (χ0) is 15.5. The Labute approximate surface area is 131 Å². The first-order valence-electron chi connectivity index (χ1n) is 5.82. The zero-order valence-electron chi connectivity index (χ0n) is 11.0. The van der Waals surface area contributed by atoms with Gasteiger partial charge in [0.05, 0.1) is 11.3 Å². The van der Waals surface area contributed by atoms with Gasteiger partial charge in [-0.25, -0.2) is 13.4 Å². The summed E-state index contributed by atoms with van der Waals surface area (Å²) in [5.74, 6) is 0.564. The first-order chi connectivity index (χ1) is 9.96. The maximum Gasteiger partial charge on any atom is 0.263 e. The lowest BCUT2D eigenvalue weighted by molar-refractivity contribution is 0.601. The second-order valence-electron chi connectivity index (χ2n) is 4.04. The summed E-state index contributed by atoms with van der Waals surface area (Å²) < 4.78 is 27.6. The van der Waals surface area contributed by atoms with Crippen LogP contribution in [0.1, 0.15) is 5.56 Å². The van der Waals surface area contributed by atoms with E-state index >= 15 is 0 Å². The minimum absolute atomic E-state index is 0.0189. The lowest BCUT2D eigenvalue weighted by Crippen LogP contribution is -2.14. The van der Waals surface area contributed by atoms with Gasteiger partial charge in [-0.2, -0.15) is 5.26 Å². The summed E-state index contributed by atoms with van der Waals surface area (Å²) >= 11 is 3.24. The van der Waals surface area contributed by atoms with Gasteiger partial charge in [0.25, 0.3) is 10.0 Å². The number of aromatic nitrogens is 1. The second kappa shape index (κ2) is 6.11. The van der Waals surface area contributed by atoms with Gasteiger partial charge in [0.2, 0.25) is 0 Å². The van der Waals surface area contributed by atoms with Crippen LogP contribution in [0.15, 0.2) is 45.9 Å². The summed E-state index contributed by atoms with van der Waals surface area (Å²) in [7, 11) is -2.11. The highest BCUT2D eigenvalue weighted by atomic mass is 79.9. The van der Waals surface area contributed by atoms with E-state index in [9.17, 15) is 8.42 Å². The average Bonchev–Trinajstić information content (AvgIpc) is 2.47. The topological polar surface area (TPSA) is 94.9 Å². The van der Waals surface area contributed by atoms with Crippen LogP contribution < -0.4 is 10.0 Å². The largest absolute Gasteiger partial charge is 0.373 e. The smallest absolute Gasteiger partial charge is 0.263 e. The molecule has 0 unspecified atom stereocenters. The molecule has 0 saturated heterocycles. The number of nitrogens with zero attached hydrogens (tertiary/aromatic N) is 2. The van der Waals surface area contributed by atoms with Gasteiger partial charge in [0.15, 0.2) is 0 Å². The van der Waals surface area contributed by atoms with E-state index in [4.69, 9.17) is 5.26 Å². The van der Waals surface area contributed by atoms with Gasteiger partial charge in [0, 0.05) is 17.7 Å². The zero-order valence-corrected chi connectivity index (χ0v) is 13.4. The molecule has 0 radical (unpaired) electrons. The molecule has 2 aromatic rings. The average molecular weight is 367 g/mol. The van der Waals surface area contributed by atoms with Gasteiger partial charge in [-0.1, -0.05) is 15.9 Å². The Morgan fingerprint density at radius 2 is 2.05 bits per heavy atom. The number of nitriles is 1. The molecular weight excluding hydrogens is 356 g/mol. The molecule has 2 N–H and O–H groups in total. The van der Waals surface area contributed by atoms with E-state index in [1.54, 1.807) is 19.2 Å². The van der Waals surface area contributed by atoms with E-state index in [-0.39, 0.29) is 16.1 Å². The van der Waals surface area contributed by atoms with Crippen LogP contribution >= 0.6 is 15.9 Å². The van der Waals surface area contributed by atoms with E-state index in [1.807, 2.05) is 6.07 Å². The van der Waals surface area contributed by atoms with Crippen LogP contribution in [0.2, 0.25) is 0 Å². The van der Waals surface area contributed by atoms with E-state index in [2.05, 4.69) is 31.0 Å². The van der Waals surface area contributed by atoms with E-state index in [1.165, 1.54) is 24.4 Å². The molecule has 108 valence electrons. The molecule has 0 spiro atoms. The highest BCUT2D eigenvalue weighted by molar-refractivity contribution is 9.10. The van der Waals surface area contributed by atoms with Gasteiger partial charge < -0.3 is 5.32 Å². The Balaban J connectivity index is 2.37. The molecule has 0 aliphatic heterocycles. The first-order valence-corrected chi connectivity index (χ1v) is 8.10. The third kappa shape index (κ3) is 3.51. The molecule has 8 heteroatoms. The lowest BCUT2D eigenvalue weighted by atomic mass is 10.2. The minimum Gasteiger partial charge on any atom is -0.373 e. The van der Waals surface area contributed by atoms with Crippen molar-refractivity contribution in [2.45, 2.75) is 4.90 Å². The molecule has 0 bridgehead atoms. The van der Waals surface area contributed by atoms with Gasteiger partial charge in [-0.3, -0.25) is 4.72 Å². The summed E-state index contributed by atoms with van der Waals surface area (Å²) in [6.45, 7) is 0. The van der Waals surface area contributed by atoms with Crippen LogP contribution in [0.5, 0.6) is 0 Å². The lowest BCUT2D eigenvalue weighted by Gasteiger charge is -2.10. The van der Waals surface area contributed by atoms with Crippen molar-refractivity contribution < 1.29 is 8.42 Å². The summed E-state index contributed by atoms with van der Waals surface area (Å²) in [6.07, 6.45) is 1.25. The number of nitrogens with one attached hydrogen (secondary N) is 2. The van der Waals surface area contributed by atoms with E-state index in [0.717, 1.165) is 0 Å². The van der Waals surface area contributed by atoms with Crippen molar-refractivity contribution in [3.63, 3.8) is 0 Å². The fourth-order valence-electron chi connectivity index (χ4n) is 1.59. The molecule has 0 atom stereocenters. The molecule has 2 rings (SSSR count). The minimum atomic E-state index is -3.80. The van der Waals surface area contributed by atoms with Crippen molar-refractivity contribution in [1.82, 2.24) is 4.98 Å². The van der Waals surface area contributed by atoms with Crippen molar-refractivity contribution in [2.24, 2.45) is 0 Å². The summed E-state index contributed by atoms with van der Waals surface area (Å²) in [5.41, 5.74) is 0.450. The molecule has 0 fully saturated rings. The van der Waals surface area contributed by atoms with E-state index in [0.29, 0.717) is 10.3 Å². The number of hydrogen-bond donors (Lipinski definition) is 2. The summed E-state index contributed by atoms with van der Waals surface area (Å²) in [5, 5.41) is 11.8. The molecule has 0 aliphatic carbocycles. The Hall–Kier alpha value is -2.11. The SMILES string of the molecule is CNc1ccc(S(=O)(=O)Nc2cc(Br)ccc2C#N)cn1. The quantitative estimate of drug-likeness (QED) is 0.866. The predicted molar refractivity (Wildman–Crippen MR) is 83.4 cm³/mol. The summed E-state index contributed by atoms with van der Waals surface area (Å²) in [6, 6.07) is 9.67. The number of sulfonamides is 1. The molecule has 1 aromatic carbocycles. The Kier molecular flexibility index (Phi) is 4.45. The molecule has 0 amide bonds. The van der Waals surface area contributed by atoms with Crippen LogP contribution in [-0.2, 0) is 10.0 Å². The number of anilines is 2. The fraction of sp³-hybridized carbons (Fsp3) is 0.0769. The van der Waals surface area contributed by atoms with Crippen molar-refractivity contribution in [3.05, 3.63) is 46.6 Å². The Morgan fingerprint density at radius 1 is 1.29 bits per heavy atom. The Morgan fingerprint density at radius 3 is 2.62 bits per heavy atom. The van der Waals surface area contributed by atoms with Gasteiger partial charge >= 0.3 is 0 Å². The first kappa shape index (κ1) is 15.3. The van der Waals surface area contributed by atoms with Crippen LogP contribution in [0, 0.1) is 11.3 Å². The van der Waals surface area contributed by atoms with Crippen molar-refractivity contribution in [1.29, 1.82) is 5.26 Å². The fourth-order valence-corrected chi connectivity index (χ4v) is 2.97. The highest BCUT2D eigenvalue weighted by Gasteiger charge is 2.16. The molecule has 1 heterocycles. The Bertz CT molecular complexity index is 798. The molecule has 21 heavy (non-hydrogen) atoms. The number of hydrogen-bond acceptors (Lipinski definition) is 5. The van der Waals surface area contributed by atoms with Gasteiger partial charge in [-0.05, 0) is 30.3 Å². The normalized spacial score (nSPS) is 10.7. The summed E-state index contributed by atoms with van der Waals surface area (Å²) in [4.78, 5) is 3.98.